The van der Waals surface area contributed by atoms with Crippen molar-refractivity contribution in [2.45, 2.75) is 25.7 Å². The van der Waals surface area contributed by atoms with Crippen molar-refractivity contribution in [2.24, 2.45) is 0 Å². The lowest BCUT2D eigenvalue weighted by Gasteiger charge is -2.34. The van der Waals surface area contributed by atoms with E-state index in [1.54, 1.807) is 12.1 Å². The summed E-state index contributed by atoms with van der Waals surface area (Å²) < 4.78 is 13.4. The molecule has 0 bridgehead atoms. The minimum atomic E-state index is -0.296. The Hall–Kier alpha value is -2.47. The van der Waals surface area contributed by atoms with Crippen molar-refractivity contribution in [3.05, 3.63) is 59.2 Å². The van der Waals surface area contributed by atoms with Crippen LogP contribution in [0, 0.1) is 12.7 Å². The van der Waals surface area contributed by atoms with Crippen molar-refractivity contribution < 1.29 is 9.18 Å². The molecule has 2 fully saturated rings. The van der Waals surface area contributed by atoms with Crippen LogP contribution in [-0.4, -0.2) is 67.0 Å². The maximum atomic E-state index is 13.4. The molecule has 0 spiro atoms. The number of nitrogens with zero attached hydrogens (tertiary/aromatic N) is 4. The maximum Gasteiger partial charge on any atom is 0.227 e. The van der Waals surface area contributed by atoms with Gasteiger partial charge in [0.15, 0.2) is 0 Å². The van der Waals surface area contributed by atoms with Crippen LogP contribution in [0.4, 0.5) is 10.1 Å². The van der Waals surface area contributed by atoms with E-state index < -0.39 is 0 Å². The topological polar surface area (TPSA) is 39.7 Å². The Morgan fingerprint density at radius 3 is 2.69 bits per heavy atom. The van der Waals surface area contributed by atoms with Crippen molar-refractivity contribution in [1.29, 1.82) is 0 Å². The van der Waals surface area contributed by atoms with Crippen LogP contribution < -0.4 is 4.90 Å². The number of pyridine rings is 1. The summed E-state index contributed by atoms with van der Waals surface area (Å²) in [4.78, 5) is 24.2. The highest BCUT2D eigenvalue weighted by Gasteiger charge is 2.29. The normalized spacial score (nSPS) is 20.3. The number of likely N-dealkylation sites (tertiary alicyclic amines) is 1. The molecule has 154 valence electrons. The molecule has 0 saturated carbocycles. The van der Waals surface area contributed by atoms with Gasteiger partial charge in [-0.1, -0.05) is 12.1 Å². The van der Waals surface area contributed by atoms with Gasteiger partial charge < -0.3 is 14.7 Å². The van der Waals surface area contributed by atoms with Crippen LogP contribution in [0.1, 0.15) is 29.3 Å². The third-order valence-electron chi connectivity index (χ3n) is 6.03. The molecule has 0 aliphatic carbocycles. The number of piperazine rings is 1. The van der Waals surface area contributed by atoms with E-state index in [4.69, 9.17) is 4.98 Å². The highest BCUT2D eigenvalue weighted by atomic mass is 19.1. The van der Waals surface area contributed by atoms with Gasteiger partial charge in [0.1, 0.15) is 5.82 Å². The number of aryl methyl sites for hydroxylation is 1. The molecular weight excluding hydrogens is 367 g/mol. The average molecular weight is 397 g/mol. The first-order chi connectivity index (χ1) is 14.0. The largest absolute Gasteiger partial charge is 0.369 e. The first kappa shape index (κ1) is 19.8. The Kier molecular flexibility index (Phi) is 5.81. The van der Waals surface area contributed by atoms with Crippen molar-refractivity contribution in [3.8, 4) is 0 Å². The second-order valence-electron chi connectivity index (χ2n) is 8.31. The monoisotopic (exact) mass is 396 g/mol. The summed E-state index contributed by atoms with van der Waals surface area (Å²) in [6.45, 7) is 7.67. The van der Waals surface area contributed by atoms with E-state index >= 15 is 0 Å². The molecule has 0 radical (unpaired) electrons. The molecule has 6 heteroatoms. The number of carbonyl (C=O) groups is 1. The standard InChI is InChI=1S/C23H29FN4O/c1-17-12-21(27-10-8-26(2)9-11-27)15-22(25-17)19-6-7-28(16-19)23(29)14-18-4-3-5-20(24)13-18/h3-5,12-13,15,19H,6-11,14,16H2,1-2H3/t19-/m0/s1. The van der Waals surface area contributed by atoms with Crippen LogP contribution in [0.2, 0.25) is 0 Å². The van der Waals surface area contributed by atoms with E-state index in [1.165, 1.54) is 17.8 Å². The lowest BCUT2D eigenvalue weighted by Crippen LogP contribution is -2.44. The number of benzene rings is 1. The molecule has 2 aliphatic heterocycles. The molecule has 4 rings (SSSR count). The van der Waals surface area contributed by atoms with Gasteiger partial charge >= 0.3 is 0 Å². The zero-order valence-corrected chi connectivity index (χ0v) is 17.3. The molecule has 1 aromatic carbocycles. The molecule has 1 atom stereocenters. The SMILES string of the molecule is Cc1cc(N2CCN(C)CC2)cc([C@H]2CCN(C(=O)Cc3cccc(F)c3)C2)n1. The van der Waals surface area contributed by atoms with E-state index in [-0.39, 0.29) is 24.1 Å². The minimum absolute atomic E-state index is 0.0602. The smallest absolute Gasteiger partial charge is 0.227 e. The lowest BCUT2D eigenvalue weighted by atomic mass is 10.0. The third-order valence-corrected chi connectivity index (χ3v) is 6.03. The number of carbonyl (C=O) groups excluding carboxylic acids is 1. The van der Waals surface area contributed by atoms with Gasteiger partial charge in [-0.05, 0) is 50.2 Å². The highest BCUT2D eigenvalue weighted by molar-refractivity contribution is 5.79. The second kappa shape index (κ2) is 8.49. The number of anilines is 1. The molecule has 1 amide bonds. The van der Waals surface area contributed by atoms with Gasteiger partial charge in [-0.3, -0.25) is 9.78 Å². The molecular formula is C23H29FN4O. The maximum absolute atomic E-state index is 13.4. The average Bonchev–Trinajstić information content (AvgIpc) is 3.18. The summed E-state index contributed by atoms with van der Waals surface area (Å²) in [6.07, 6.45) is 1.17. The summed E-state index contributed by atoms with van der Waals surface area (Å²) in [5.74, 6) is 0.0256. The van der Waals surface area contributed by atoms with E-state index in [0.29, 0.717) is 6.54 Å². The number of rotatable bonds is 4. The highest BCUT2D eigenvalue weighted by Crippen LogP contribution is 2.30. The number of amides is 1. The number of hydrogen-bond donors (Lipinski definition) is 0. The Morgan fingerprint density at radius 2 is 1.93 bits per heavy atom. The number of likely N-dealkylation sites (N-methyl/N-ethyl adjacent to an activating group) is 1. The van der Waals surface area contributed by atoms with Crippen molar-refractivity contribution in [2.75, 3.05) is 51.2 Å². The van der Waals surface area contributed by atoms with Crippen LogP contribution in [0.5, 0.6) is 0 Å². The second-order valence-corrected chi connectivity index (χ2v) is 8.31. The Labute approximate surface area is 172 Å². The molecule has 2 aliphatic rings. The van der Waals surface area contributed by atoms with E-state index in [9.17, 15) is 9.18 Å². The Morgan fingerprint density at radius 1 is 1.14 bits per heavy atom. The predicted octanol–water partition coefficient (Wildman–Crippen LogP) is 2.84. The van der Waals surface area contributed by atoms with E-state index in [2.05, 4.69) is 29.0 Å². The molecule has 1 aromatic heterocycles. The number of hydrogen-bond acceptors (Lipinski definition) is 4. The summed E-state index contributed by atoms with van der Waals surface area (Å²) in [7, 11) is 2.16. The van der Waals surface area contributed by atoms with Crippen molar-refractivity contribution in [3.63, 3.8) is 0 Å². The molecule has 3 heterocycles. The van der Waals surface area contributed by atoms with Gasteiger partial charge in [-0.2, -0.15) is 0 Å². The van der Waals surface area contributed by atoms with Crippen molar-refractivity contribution in [1.82, 2.24) is 14.8 Å². The molecule has 2 saturated heterocycles. The molecule has 0 N–H and O–H groups in total. The fraction of sp³-hybridized carbons (Fsp3) is 0.478. The van der Waals surface area contributed by atoms with Crippen LogP contribution in [-0.2, 0) is 11.2 Å². The summed E-state index contributed by atoms with van der Waals surface area (Å²) >= 11 is 0. The number of halogens is 1. The van der Waals surface area contributed by atoms with Crippen LogP contribution >= 0.6 is 0 Å². The predicted molar refractivity (Wildman–Crippen MR) is 113 cm³/mol. The summed E-state index contributed by atoms with van der Waals surface area (Å²) in [5.41, 5.74) is 4.08. The number of aromatic nitrogens is 1. The fourth-order valence-corrected chi connectivity index (χ4v) is 4.29. The van der Waals surface area contributed by atoms with Crippen LogP contribution in [0.25, 0.3) is 0 Å². The zero-order chi connectivity index (χ0) is 20.4. The van der Waals surface area contributed by atoms with Gasteiger partial charge in [0.2, 0.25) is 5.91 Å². The fourth-order valence-electron chi connectivity index (χ4n) is 4.29. The lowest BCUT2D eigenvalue weighted by molar-refractivity contribution is -0.129. The summed E-state index contributed by atoms with van der Waals surface area (Å²) in [5, 5.41) is 0. The Balaban J connectivity index is 1.42. The van der Waals surface area contributed by atoms with Gasteiger partial charge in [-0.25, -0.2) is 4.39 Å². The molecule has 0 unspecified atom stereocenters. The van der Waals surface area contributed by atoms with Gasteiger partial charge in [0, 0.05) is 62.3 Å². The van der Waals surface area contributed by atoms with Crippen LogP contribution in [0.3, 0.4) is 0 Å². The minimum Gasteiger partial charge on any atom is -0.369 e. The van der Waals surface area contributed by atoms with Gasteiger partial charge in [-0.15, -0.1) is 0 Å². The third kappa shape index (κ3) is 4.75. The van der Waals surface area contributed by atoms with E-state index in [1.807, 2.05) is 11.8 Å². The summed E-state index contributed by atoms with van der Waals surface area (Å²) in [6, 6.07) is 10.7. The van der Waals surface area contributed by atoms with Crippen molar-refractivity contribution >= 4 is 11.6 Å². The molecule has 2 aromatic rings. The quantitative estimate of drug-likeness (QED) is 0.797. The molecule has 5 nitrogen and oxygen atoms in total. The van der Waals surface area contributed by atoms with E-state index in [0.717, 1.165) is 56.1 Å². The first-order valence-corrected chi connectivity index (χ1v) is 10.4. The molecule has 29 heavy (non-hydrogen) atoms. The van der Waals surface area contributed by atoms with Gasteiger partial charge in [0.05, 0.1) is 6.42 Å². The van der Waals surface area contributed by atoms with Crippen LogP contribution in [0.15, 0.2) is 36.4 Å². The zero-order valence-electron chi connectivity index (χ0n) is 17.3. The Bertz CT molecular complexity index is 879. The first-order valence-electron chi connectivity index (χ1n) is 10.4. The van der Waals surface area contributed by atoms with Gasteiger partial charge in [0.25, 0.3) is 0 Å².